The van der Waals surface area contributed by atoms with E-state index in [4.69, 9.17) is 0 Å². The molecule has 2 fully saturated rings. The van der Waals surface area contributed by atoms with E-state index in [0.29, 0.717) is 18.4 Å². The number of piperazine rings is 1. The van der Waals surface area contributed by atoms with Gasteiger partial charge in [0.15, 0.2) is 0 Å². The van der Waals surface area contributed by atoms with Gasteiger partial charge in [-0.2, -0.15) is 0 Å². The van der Waals surface area contributed by atoms with Crippen molar-refractivity contribution in [1.82, 2.24) is 9.80 Å². The van der Waals surface area contributed by atoms with Crippen LogP contribution in [0.25, 0.3) is 0 Å². The average molecular weight is 586 g/mol. The first-order chi connectivity index (χ1) is 21.7. The summed E-state index contributed by atoms with van der Waals surface area (Å²) in [5.41, 5.74) is 5.96. The smallest absolute Gasteiger partial charge is 0.254 e. The number of anilines is 1. The minimum absolute atomic E-state index is 0.160. The molecule has 4 nitrogen and oxygen atoms in total. The molecule has 228 valence electrons. The predicted octanol–water partition coefficient (Wildman–Crippen LogP) is 8.25. The number of rotatable bonds is 11. The van der Waals surface area contributed by atoms with Gasteiger partial charge in [-0.1, -0.05) is 116 Å². The van der Waals surface area contributed by atoms with E-state index in [1.165, 1.54) is 54.5 Å². The van der Waals surface area contributed by atoms with Gasteiger partial charge < -0.3 is 9.80 Å². The molecule has 44 heavy (non-hydrogen) atoms. The molecule has 1 saturated heterocycles. The zero-order valence-electron chi connectivity index (χ0n) is 26.1. The van der Waals surface area contributed by atoms with Crippen LogP contribution in [0.2, 0.25) is 0 Å². The largest absolute Gasteiger partial charge is 0.369 e. The van der Waals surface area contributed by atoms with Crippen LogP contribution < -0.4 is 4.90 Å². The van der Waals surface area contributed by atoms with Crippen LogP contribution in [0.1, 0.15) is 71.5 Å². The Hall–Kier alpha value is -3.89. The van der Waals surface area contributed by atoms with Crippen LogP contribution in [-0.4, -0.2) is 55.0 Å². The molecule has 0 unspecified atom stereocenters. The lowest BCUT2D eigenvalue weighted by atomic mass is 9.88. The second kappa shape index (κ2) is 15.2. The van der Waals surface area contributed by atoms with Gasteiger partial charge in [-0.15, -0.1) is 0 Å². The summed E-state index contributed by atoms with van der Waals surface area (Å²) in [7, 11) is 0. The first-order valence-electron chi connectivity index (χ1n) is 16.7. The van der Waals surface area contributed by atoms with Crippen molar-refractivity contribution < 1.29 is 4.79 Å². The molecule has 4 aromatic rings. The SMILES string of the molecule is O=C(c1cccc(N2CCN(CCC(c3ccccc3)c3ccccc3)CC2)c1)N(Cc1ccccc1)CC1CCCCC1. The summed E-state index contributed by atoms with van der Waals surface area (Å²) in [6.45, 7) is 6.64. The van der Waals surface area contributed by atoms with Gasteiger partial charge in [0, 0.05) is 56.4 Å². The third kappa shape index (κ3) is 7.98. The van der Waals surface area contributed by atoms with Crippen LogP contribution in [0.3, 0.4) is 0 Å². The van der Waals surface area contributed by atoms with E-state index in [9.17, 15) is 4.79 Å². The van der Waals surface area contributed by atoms with Crippen LogP contribution in [0.5, 0.6) is 0 Å². The fraction of sp³-hybridized carbons (Fsp3) is 0.375. The predicted molar refractivity (Wildman–Crippen MR) is 182 cm³/mol. The maximum atomic E-state index is 14.0. The van der Waals surface area contributed by atoms with Crippen molar-refractivity contribution in [2.45, 2.75) is 51.0 Å². The molecule has 1 aliphatic carbocycles. The molecule has 0 aromatic heterocycles. The highest BCUT2D eigenvalue weighted by molar-refractivity contribution is 5.95. The van der Waals surface area contributed by atoms with Gasteiger partial charge in [0.1, 0.15) is 0 Å². The third-order valence-corrected chi connectivity index (χ3v) is 9.68. The van der Waals surface area contributed by atoms with Crippen LogP contribution in [0.15, 0.2) is 115 Å². The van der Waals surface area contributed by atoms with Crippen LogP contribution >= 0.6 is 0 Å². The minimum Gasteiger partial charge on any atom is -0.369 e. The summed E-state index contributed by atoms with van der Waals surface area (Å²) in [6.07, 6.45) is 7.49. The summed E-state index contributed by atoms with van der Waals surface area (Å²) in [6, 6.07) is 40.7. The fourth-order valence-electron chi connectivity index (χ4n) is 7.16. The molecule has 1 saturated carbocycles. The maximum Gasteiger partial charge on any atom is 0.254 e. The second-order valence-corrected chi connectivity index (χ2v) is 12.7. The molecule has 0 spiro atoms. The van der Waals surface area contributed by atoms with E-state index in [-0.39, 0.29) is 5.91 Å². The second-order valence-electron chi connectivity index (χ2n) is 12.7. The van der Waals surface area contributed by atoms with Crippen molar-refractivity contribution in [1.29, 1.82) is 0 Å². The number of benzene rings is 4. The molecule has 0 N–H and O–H groups in total. The quantitative estimate of drug-likeness (QED) is 0.177. The van der Waals surface area contributed by atoms with E-state index < -0.39 is 0 Å². The minimum atomic E-state index is 0.160. The van der Waals surface area contributed by atoms with Crippen molar-refractivity contribution in [2.24, 2.45) is 5.92 Å². The van der Waals surface area contributed by atoms with Gasteiger partial charge in [-0.25, -0.2) is 0 Å². The van der Waals surface area contributed by atoms with Crippen molar-refractivity contribution in [3.8, 4) is 0 Å². The lowest BCUT2D eigenvalue weighted by Gasteiger charge is -2.37. The highest BCUT2D eigenvalue weighted by Gasteiger charge is 2.24. The summed E-state index contributed by atoms with van der Waals surface area (Å²) in [5.74, 6) is 1.18. The first kappa shape index (κ1) is 30.1. The Morgan fingerprint density at radius 3 is 1.95 bits per heavy atom. The monoisotopic (exact) mass is 585 g/mol. The molecule has 0 atom stereocenters. The van der Waals surface area contributed by atoms with Crippen LogP contribution in [0, 0.1) is 5.92 Å². The first-order valence-corrected chi connectivity index (χ1v) is 16.7. The zero-order chi connectivity index (χ0) is 30.0. The average Bonchev–Trinajstić information content (AvgIpc) is 3.10. The van der Waals surface area contributed by atoms with Crippen molar-refractivity contribution >= 4 is 11.6 Å². The van der Waals surface area contributed by atoms with Gasteiger partial charge in [0.25, 0.3) is 5.91 Å². The summed E-state index contributed by atoms with van der Waals surface area (Å²) in [4.78, 5) is 21.2. The molecule has 4 aromatic carbocycles. The highest BCUT2D eigenvalue weighted by atomic mass is 16.2. The number of carbonyl (C=O) groups excluding carboxylic acids is 1. The number of carbonyl (C=O) groups is 1. The zero-order valence-corrected chi connectivity index (χ0v) is 26.1. The third-order valence-electron chi connectivity index (χ3n) is 9.68. The Morgan fingerprint density at radius 2 is 1.32 bits per heavy atom. The number of amides is 1. The molecule has 6 rings (SSSR count). The molecule has 2 aliphatic rings. The molecular weight excluding hydrogens is 538 g/mol. The van der Waals surface area contributed by atoms with Crippen molar-refractivity contribution in [3.63, 3.8) is 0 Å². The molecule has 4 heteroatoms. The number of hydrogen-bond acceptors (Lipinski definition) is 3. The Kier molecular flexibility index (Phi) is 10.4. The van der Waals surface area contributed by atoms with Crippen LogP contribution in [-0.2, 0) is 6.54 Å². The molecular formula is C40H47N3O. The standard InChI is InChI=1S/C40H47N3O/c44-40(43(31-33-14-5-1-6-15-33)32-34-16-7-2-8-17-34)37-22-13-23-38(30-37)42-28-26-41(27-29-42)25-24-39(35-18-9-3-10-19-35)36-20-11-4-12-21-36/h1,3-6,9-15,18-23,30,34,39H,2,7-8,16-17,24-29,31-32H2. The normalized spacial score (nSPS) is 16.2. The Bertz CT molecular complexity index is 1390. The molecule has 1 aliphatic heterocycles. The molecule has 1 heterocycles. The molecule has 0 bridgehead atoms. The van der Waals surface area contributed by atoms with Crippen molar-refractivity contribution in [2.75, 3.05) is 44.2 Å². The summed E-state index contributed by atoms with van der Waals surface area (Å²) < 4.78 is 0. The van der Waals surface area contributed by atoms with E-state index in [1.807, 2.05) is 12.1 Å². The molecule has 0 radical (unpaired) electrons. The van der Waals surface area contributed by atoms with E-state index in [1.54, 1.807) is 0 Å². The van der Waals surface area contributed by atoms with Crippen molar-refractivity contribution in [3.05, 3.63) is 138 Å². The highest BCUT2D eigenvalue weighted by Crippen LogP contribution is 2.29. The van der Waals surface area contributed by atoms with E-state index in [0.717, 1.165) is 51.3 Å². The Morgan fingerprint density at radius 1 is 0.705 bits per heavy atom. The van der Waals surface area contributed by atoms with Gasteiger partial charge in [-0.3, -0.25) is 9.69 Å². The van der Waals surface area contributed by atoms with Gasteiger partial charge in [0.05, 0.1) is 0 Å². The topological polar surface area (TPSA) is 26.8 Å². The summed E-state index contributed by atoms with van der Waals surface area (Å²) in [5, 5.41) is 0. The summed E-state index contributed by atoms with van der Waals surface area (Å²) >= 11 is 0. The lowest BCUT2D eigenvalue weighted by Crippen LogP contribution is -2.47. The van der Waals surface area contributed by atoms with E-state index >= 15 is 0 Å². The van der Waals surface area contributed by atoms with Crippen LogP contribution in [0.4, 0.5) is 5.69 Å². The van der Waals surface area contributed by atoms with Gasteiger partial charge in [0.2, 0.25) is 0 Å². The lowest BCUT2D eigenvalue weighted by molar-refractivity contribution is 0.0699. The number of hydrogen-bond donors (Lipinski definition) is 0. The fourth-order valence-corrected chi connectivity index (χ4v) is 7.16. The Balaban J connectivity index is 1.08. The Labute approximate surface area is 264 Å². The maximum absolute atomic E-state index is 14.0. The van der Waals surface area contributed by atoms with Gasteiger partial charge >= 0.3 is 0 Å². The molecule has 1 amide bonds. The number of nitrogens with zero attached hydrogens (tertiary/aromatic N) is 3. The van der Waals surface area contributed by atoms with Gasteiger partial charge in [-0.05, 0) is 66.6 Å². The van der Waals surface area contributed by atoms with E-state index in [2.05, 4.69) is 118 Å².